The molecule has 104 valence electrons. The van der Waals surface area contributed by atoms with Crippen LogP contribution in [0.5, 0.6) is 0 Å². The minimum absolute atomic E-state index is 0.0721. The maximum absolute atomic E-state index is 12.1. The highest BCUT2D eigenvalue weighted by atomic mass is 35.5. The third-order valence-corrected chi connectivity index (χ3v) is 4.30. The van der Waals surface area contributed by atoms with Gasteiger partial charge in [-0.25, -0.2) is 0 Å². The molecule has 1 aromatic heterocycles. The van der Waals surface area contributed by atoms with E-state index >= 15 is 0 Å². The molecule has 1 aromatic rings. The summed E-state index contributed by atoms with van der Waals surface area (Å²) in [5.41, 5.74) is 0. The van der Waals surface area contributed by atoms with Crippen LogP contribution in [0.4, 0.5) is 0 Å². The fraction of sp³-hybridized carbons (Fsp3) is 0.538. The fourth-order valence-corrected chi connectivity index (χ4v) is 2.92. The van der Waals surface area contributed by atoms with E-state index in [0.717, 1.165) is 4.88 Å². The molecule has 6 heteroatoms. The molecule has 0 radical (unpaired) electrons. The number of rotatable bonds is 4. The molecule has 1 fully saturated rings. The predicted octanol–water partition coefficient (Wildman–Crippen LogP) is 2.05. The third-order valence-electron chi connectivity index (χ3n) is 3.18. The number of carbonyl (C=O) groups excluding carboxylic acids is 2. The molecule has 0 unspecified atom stereocenters. The number of carbonyl (C=O) groups is 2. The van der Waals surface area contributed by atoms with Gasteiger partial charge in [0.1, 0.15) is 0 Å². The van der Waals surface area contributed by atoms with E-state index in [1.54, 1.807) is 0 Å². The topological polar surface area (TPSA) is 40.6 Å². The van der Waals surface area contributed by atoms with Gasteiger partial charge < -0.3 is 9.80 Å². The smallest absolute Gasteiger partial charge is 0.264 e. The van der Waals surface area contributed by atoms with Gasteiger partial charge in [-0.2, -0.15) is 0 Å². The highest BCUT2D eigenvalue weighted by molar-refractivity contribution is 7.12. The van der Waals surface area contributed by atoms with Gasteiger partial charge >= 0.3 is 0 Å². The summed E-state index contributed by atoms with van der Waals surface area (Å²) in [6.07, 6.45) is 1.22. The number of hydrogen-bond acceptors (Lipinski definition) is 3. The van der Waals surface area contributed by atoms with Crippen LogP contribution in [-0.2, 0) is 4.79 Å². The van der Waals surface area contributed by atoms with Crippen molar-refractivity contribution in [1.82, 2.24) is 9.80 Å². The lowest BCUT2D eigenvalue weighted by Crippen LogP contribution is -2.50. The fourth-order valence-electron chi connectivity index (χ4n) is 2.09. The summed E-state index contributed by atoms with van der Waals surface area (Å²) >= 11 is 7.04. The van der Waals surface area contributed by atoms with Crippen LogP contribution in [0.15, 0.2) is 17.5 Å². The first-order chi connectivity index (χ1) is 9.22. The van der Waals surface area contributed by atoms with Crippen LogP contribution in [-0.4, -0.2) is 53.7 Å². The molecule has 2 heterocycles. The quantitative estimate of drug-likeness (QED) is 0.799. The largest absolute Gasteiger partial charge is 0.339 e. The molecular formula is C13H17ClN2O2S. The zero-order valence-electron chi connectivity index (χ0n) is 10.7. The van der Waals surface area contributed by atoms with Crippen molar-refractivity contribution in [3.63, 3.8) is 0 Å². The van der Waals surface area contributed by atoms with E-state index in [1.807, 2.05) is 27.3 Å². The van der Waals surface area contributed by atoms with E-state index < -0.39 is 0 Å². The molecule has 0 N–H and O–H groups in total. The summed E-state index contributed by atoms with van der Waals surface area (Å²) in [5.74, 6) is 0.731. The number of hydrogen-bond donors (Lipinski definition) is 0. The lowest BCUT2D eigenvalue weighted by Gasteiger charge is -2.34. The third kappa shape index (κ3) is 3.70. The second-order valence-electron chi connectivity index (χ2n) is 4.44. The lowest BCUT2D eigenvalue weighted by molar-refractivity contribution is -0.132. The van der Waals surface area contributed by atoms with Gasteiger partial charge in [-0.3, -0.25) is 9.59 Å². The van der Waals surface area contributed by atoms with Gasteiger partial charge in [0.05, 0.1) is 4.88 Å². The molecule has 2 amide bonds. The molecule has 4 nitrogen and oxygen atoms in total. The number of amides is 2. The molecule has 1 aliphatic rings. The lowest BCUT2D eigenvalue weighted by atomic mass is 10.2. The second kappa shape index (κ2) is 6.91. The van der Waals surface area contributed by atoms with Crippen molar-refractivity contribution < 1.29 is 9.59 Å². The first-order valence-electron chi connectivity index (χ1n) is 6.39. The predicted molar refractivity (Wildman–Crippen MR) is 76.8 cm³/mol. The number of piperazine rings is 1. The van der Waals surface area contributed by atoms with Crippen LogP contribution in [0.25, 0.3) is 0 Å². The summed E-state index contributed by atoms with van der Waals surface area (Å²) in [5, 5.41) is 1.90. The van der Waals surface area contributed by atoms with Gasteiger partial charge in [0.2, 0.25) is 5.91 Å². The maximum atomic E-state index is 12.1. The van der Waals surface area contributed by atoms with Crippen molar-refractivity contribution in [3.8, 4) is 0 Å². The molecule has 0 bridgehead atoms. The van der Waals surface area contributed by atoms with E-state index in [-0.39, 0.29) is 11.8 Å². The summed E-state index contributed by atoms with van der Waals surface area (Å²) < 4.78 is 0. The van der Waals surface area contributed by atoms with E-state index in [0.29, 0.717) is 44.9 Å². The van der Waals surface area contributed by atoms with Gasteiger partial charge in [-0.1, -0.05) is 6.07 Å². The van der Waals surface area contributed by atoms with Crippen LogP contribution in [0.3, 0.4) is 0 Å². The molecule has 0 atom stereocenters. The van der Waals surface area contributed by atoms with Crippen LogP contribution in [0.1, 0.15) is 22.5 Å². The number of alkyl halides is 1. The van der Waals surface area contributed by atoms with Gasteiger partial charge in [0.25, 0.3) is 5.91 Å². The summed E-state index contributed by atoms with van der Waals surface area (Å²) in [6, 6.07) is 3.72. The van der Waals surface area contributed by atoms with Crippen molar-refractivity contribution in [3.05, 3.63) is 22.4 Å². The van der Waals surface area contributed by atoms with Crippen molar-refractivity contribution >= 4 is 34.8 Å². The van der Waals surface area contributed by atoms with E-state index in [2.05, 4.69) is 0 Å². The molecule has 2 rings (SSSR count). The van der Waals surface area contributed by atoms with Crippen LogP contribution in [0.2, 0.25) is 0 Å². The minimum atomic E-state index is 0.0721. The molecule has 0 saturated carbocycles. The zero-order chi connectivity index (χ0) is 13.7. The number of thiophene rings is 1. The number of nitrogens with zero attached hydrogens (tertiary/aromatic N) is 2. The van der Waals surface area contributed by atoms with Crippen molar-refractivity contribution in [1.29, 1.82) is 0 Å². The van der Waals surface area contributed by atoms with Gasteiger partial charge in [-0.05, 0) is 17.9 Å². The summed E-state index contributed by atoms with van der Waals surface area (Å²) in [6.45, 7) is 2.48. The summed E-state index contributed by atoms with van der Waals surface area (Å²) in [4.78, 5) is 28.4. The van der Waals surface area contributed by atoms with Crippen molar-refractivity contribution in [2.45, 2.75) is 12.8 Å². The van der Waals surface area contributed by atoms with Crippen molar-refractivity contribution in [2.24, 2.45) is 0 Å². The SMILES string of the molecule is O=C(CCCCl)N1CCN(C(=O)c2cccs2)CC1. The molecule has 1 saturated heterocycles. The molecular weight excluding hydrogens is 284 g/mol. The second-order valence-corrected chi connectivity index (χ2v) is 5.77. The van der Waals surface area contributed by atoms with Gasteiger partial charge in [0, 0.05) is 38.5 Å². The number of halogens is 1. The van der Waals surface area contributed by atoms with Crippen LogP contribution >= 0.6 is 22.9 Å². The Kier molecular flexibility index (Phi) is 5.22. The Morgan fingerprint density at radius 3 is 2.47 bits per heavy atom. The Balaban J connectivity index is 1.82. The Labute approximate surface area is 121 Å². The zero-order valence-corrected chi connectivity index (χ0v) is 12.3. The normalized spacial score (nSPS) is 15.6. The Hall–Kier alpha value is -1.07. The standard InChI is InChI=1S/C13H17ClN2O2S/c14-5-1-4-12(17)15-6-8-16(9-7-15)13(18)11-3-2-10-19-11/h2-3,10H,1,4-9H2. The average molecular weight is 301 g/mol. The van der Waals surface area contributed by atoms with Crippen molar-refractivity contribution in [2.75, 3.05) is 32.1 Å². The highest BCUT2D eigenvalue weighted by Gasteiger charge is 2.24. The molecule has 19 heavy (non-hydrogen) atoms. The minimum Gasteiger partial charge on any atom is -0.339 e. The highest BCUT2D eigenvalue weighted by Crippen LogP contribution is 2.14. The molecule has 1 aliphatic heterocycles. The first-order valence-corrected chi connectivity index (χ1v) is 7.80. The first kappa shape index (κ1) is 14.3. The van der Waals surface area contributed by atoms with E-state index in [4.69, 9.17) is 11.6 Å². The van der Waals surface area contributed by atoms with E-state index in [9.17, 15) is 9.59 Å². The maximum Gasteiger partial charge on any atom is 0.264 e. The van der Waals surface area contributed by atoms with Crippen LogP contribution in [0, 0.1) is 0 Å². The van der Waals surface area contributed by atoms with E-state index in [1.165, 1.54) is 11.3 Å². The average Bonchev–Trinajstić information content (AvgIpc) is 2.98. The monoisotopic (exact) mass is 300 g/mol. The molecule has 0 spiro atoms. The van der Waals surface area contributed by atoms with Crippen LogP contribution < -0.4 is 0 Å². The molecule has 0 aliphatic carbocycles. The Bertz CT molecular complexity index is 428. The molecule has 0 aromatic carbocycles. The summed E-state index contributed by atoms with van der Waals surface area (Å²) in [7, 11) is 0. The Morgan fingerprint density at radius 2 is 1.89 bits per heavy atom. The van der Waals surface area contributed by atoms with Gasteiger partial charge in [-0.15, -0.1) is 22.9 Å². The Morgan fingerprint density at radius 1 is 1.21 bits per heavy atom. The van der Waals surface area contributed by atoms with Gasteiger partial charge in [0.15, 0.2) is 0 Å².